The first-order valence-corrected chi connectivity index (χ1v) is 20.3. The van der Waals surface area contributed by atoms with Crippen molar-refractivity contribution in [3.8, 4) is 0 Å². The Morgan fingerprint density at radius 1 is 0.469 bits per heavy atom. The van der Waals surface area contributed by atoms with Crippen LogP contribution in [0.25, 0.3) is 0 Å². The molecule has 8 nitrogen and oxygen atoms in total. The maximum absolute atomic E-state index is 12.8. The van der Waals surface area contributed by atoms with Crippen LogP contribution in [0, 0.1) is 0 Å². The van der Waals surface area contributed by atoms with E-state index in [-0.39, 0.29) is 46.3 Å². The molecule has 8 heteroatoms. The Labute approximate surface area is 302 Å². The lowest BCUT2D eigenvalue weighted by molar-refractivity contribution is -0.293. The van der Waals surface area contributed by atoms with E-state index in [2.05, 4.69) is 79.4 Å². The largest absolute Gasteiger partial charge is 0.462 e. The van der Waals surface area contributed by atoms with Gasteiger partial charge in [-0.2, -0.15) is 10.1 Å². The normalized spacial score (nSPS) is 21.1. The van der Waals surface area contributed by atoms with Crippen LogP contribution in [0.4, 0.5) is 0 Å². The summed E-state index contributed by atoms with van der Waals surface area (Å²) < 4.78 is 12.0. The van der Waals surface area contributed by atoms with Gasteiger partial charge in [-0.15, -0.1) is 0 Å². The fourth-order valence-electron chi connectivity index (χ4n) is 8.49. The van der Waals surface area contributed by atoms with Crippen LogP contribution in [-0.4, -0.2) is 69.6 Å². The number of rotatable bonds is 24. The number of carbonyl (C=O) groups is 2. The van der Waals surface area contributed by atoms with Gasteiger partial charge in [0.15, 0.2) is 0 Å². The van der Waals surface area contributed by atoms with E-state index in [0.29, 0.717) is 25.7 Å². The number of hydrogen-bond donors (Lipinski definition) is 0. The van der Waals surface area contributed by atoms with Gasteiger partial charge >= 0.3 is 11.9 Å². The first-order chi connectivity index (χ1) is 23.0. The maximum atomic E-state index is 12.8. The van der Waals surface area contributed by atoms with Crippen LogP contribution in [0.1, 0.15) is 204 Å². The molecule has 2 heterocycles. The zero-order chi connectivity index (χ0) is 36.6. The molecular weight excluding hydrogens is 616 g/mol. The van der Waals surface area contributed by atoms with Gasteiger partial charge in [-0.05, 0) is 81.1 Å². The number of nitrogens with zero attached hydrogens (tertiary/aromatic N) is 2. The molecule has 0 aromatic rings. The zero-order valence-electron chi connectivity index (χ0n) is 33.8. The Morgan fingerprint density at radius 2 is 0.755 bits per heavy atom. The molecule has 0 bridgehead atoms. The van der Waals surface area contributed by atoms with Crippen LogP contribution in [-0.2, 0) is 28.7 Å². The number of unbranched alkanes of at least 4 members (excludes halogenated alkanes) is 12. The van der Waals surface area contributed by atoms with E-state index in [1.807, 2.05) is 0 Å². The third kappa shape index (κ3) is 15.9. The maximum Gasteiger partial charge on any atom is 0.306 e. The fraction of sp³-hybridized carbons (Fsp3) is 0.951. The lowest BCUT2D eigenvalue weighted by atomic mass is 9.80. The lowest BCUT2D eigenvalue weighted by Crippen LogP contribution is -2.62. The summed E-state index contributed by atoms with van der Waals surface area (Å²) in [6, 6.07) is 0. The number of hydrogen-bond acceptors (Lipinski definition) is 8. The molecule has 2 aliphatic rings. The molecule has 0 aromatic heterocycles. The molecule has 0 unspecified atom stereocenters. The van der Waals surface area contributed by atoms with Crippen molar-refractivity contribution in [1.82, 2.24) is 10.1 Å². The van der Waals surface area contributed by atoms with Gasteiger partial charge in [-0.25, -0.2) is 0 Å². The van der Waals surface area contributed by atoms with Crippen molar-refractivity contribution < 1.29 is 28.7 Å². The summed E-state index contributed by atoms with van der Waals surface area (Å²) in [5.41, 5.74) is -0.901. The van der Waals surface area contributed by atoms with Crippen LogP contribution >= 0.6 is 0 Å². The van der Waals surface area contributed by atoms with E-state index in [0.717, 1.165) is 58.2 Å². The molecular formula is C41H78N2O6. The smallest absolute Gasteiger partial charge is 0.306 e. The van der Waals surface area contributed by atoms with Crippen molar-refractivity contribution in [2.45, 2.75) is 238 Å². The first-order valence-electron chi connectivity index (χ1n) is 20.3. The third-order valence-electron chi connectivity index (χ3n) is 10.4. The van der Waals surface area contributed by atoms with Gasteiger partial charge in [0, 0.05) is 60.7 Å². The first kappa shape index (κ1) is 43.9. The molecule has 0 N–H and O–H groups in total. The Bertz CT molecular complexity index is 838. The monoisotopic (exact) mass is 695 g/mol. The molecule has 2 aliphatic heterocycles. The molecule has 2 fully saturated rings. The fourth-order valence-corrected chi connectivity index (χ4v) is 8.49. The topological polar surface area (TPSA) is 77.5 Å². The van der Waals surface area contributed by atoms with Crippen molar-refractivity contribution in [1.29, 1.82) is 0 Å². The molecule has 0 saturated carbocycles. The van der Waals surface area contributed by atoms with Crippen LogP contribution in [0.2, 0.25) is 0 Å². The predicted octanol–water partition coefficient (Wildman–Crippen LogP) is 10.7. The highest BCUT2D eigenvalue weighted by molar-refractivity contribution is 5.70. The molecule has 2 rings (SSSR count). The van der Waals surface area contributed by atoms with E-state index in [4.69, 9.17) is 19.1 Å². The third-order valence-corrected chi connectivity index (χ3v) is 10.4. The van der Waals surface area contributed by atoms with E-state index >= 15 is 0 Å². The van der Waals surface area contributed by atoms with Crippen LogP contribution < -0.4 is 0 Å². The molecule has 288 valence electrons. The number of esters is 2. The summed E-state index contributed by atoms with van der Waals surface area (Å²) in [5.74, 6) is -0.286. The van der Waals surface area contributed by atoms with E-state index in [1.165, 1.54) is 64.2 Å². The summed E-state index contributed by atoms with van der Waals surface area (Å²) in [5, 5.41) is 4.32. The van der Waals surface area contributed by atoms with E-state index in [1.54, 1.807) is 0 Å². The van der Waals surface area contributed by atoms with Gasteiger partial charge in [0.25, 0.3) is 0 Å². The second-order valence-electron chi connectivity index (χ2n) is 17.6. The second kappa shape index (κ2) is 21.3. The molecule has 0 spiro atoms. The molecule has 0 aliphatic carbocycles. The van der Waals surface area contributed by atoms with Crippen molar-refractivity contribution in [3.63, 3.8) is 0 Å². The zero-order valence-corrected chi connectivity index (χ0v) is 33.8. The minimum atomic E-state index is -0.225. The van der Waals surface area contributed by atoms with E-state index < -0.39 is 0 Å². The predicted molar refractivity (Wildman–Crippen MR) is 200 cm³/mol. The van der Waals surface area contributed by atoms with Crippen LogP contribution in [0.5, 0.6) is 0 Å². The molecule has 0 aromatic carbocycles. The minimum absolute atomic E-state index is 0.123. The SMILES string of the molecule is CCCCCCCCON1C(C)(C)CC(OC(=O)CCCCCC(=O)OC2CC(C)(C)N(OCCCCCCCC)C(C)(C)C2)CC1(C)C. The average molecular weight is 695 g/mol. The summed E-state index contributed by atoms with van der Waals surface area (Å²) in [7, 11) is 0. The molecule has 0 atom stereocenters. The van der Waals surface area contributed by atoms with E-state index in [9.17, 15) is 9.59 Å². The van der Waals surface area contributed by atoms with Gasteiger partial charge in [-0.1, -0.05) is 84.5 Å². The van der Waals surface area contributed by atoms with Gasteiger partial charge in [0.2, 0.25) is 0 Å². The van der Waals surface area contributed by atoms with Crippen molar-refractivity contribution >= 4 is 11.9 Å². The Hall–Kier alpha value is -1.22. The Kier molecular flexibility index (Phi) is 19.1. The number of ether oxygens (including phenoxy) is 2. The van der Waals surface area contributed by atoms with Crippen molar-refractivity contribution in [3.05, 3.63) is 0 Å². The molecule has 0 radical (unpaired) electrons. The van der Waals surface area contributed by atoms with Crippen molar-refractivity contribution in [2.75, 3.05) is 13.2 Å². The molecule has 2 saturated heterocycles. The van der Waals surface area contributed by atoms with Gasteiger partial charge in [0.05, 0.1) is 13.2 Å². The van der Waals surface area contributed by atoms with Gasteiger partial charge in [0.1, 0.15) is 12.2 Å². The highest BCUT2D eigenvalue weighted by Crippen LogP contribution is 2.41. The second-order valence-corrected chi connectivity index (χ2v) is 17.6. The standard InChI is InChI=1S/C41H78N2O6/c1-11-13-15-17-19-24-28-46-42-38(3,4)30-34(31-39(42,5)6)48-36(44)26-22-21-23-27-37(45)49-35-32-40(7,8)43(41(9,10)33-35)47-29-25-20-18-16-14-12-2/h34-35H,11-33H2,1-10H3. The lowest BCUT2D eigenvalue weighted by Gasteiger charge is -2.53. The quantitative estimate of drug-likeness (QED) is 0.0730. The highest BCUT2D eigenvalue weighted by atomic mass is 16.7. The number of piperidine rings is 2. The Morgan fingerprint density at radius 3 is 1.08 bits per heavy atom. The summed E-state index contributed by atoms with van der Waals surface area (Å²) >= 11 is 0. The molecule has 49 heavy (non-hydrogen) atoms. The van der Waals surface area contributed by atoms with Crippen molar-refractivity contribution in [2.24, 2.45) is 0 Å². The van der Waals surface area contributed by atoms with Crippen LogP contribution in [0.3, 0.4) is 0 Å². The summed E-state index contributed by atoms with van der Waals surface area (Å²) in [4.78, 5) is 38.3. The Balaban J connectivity index is 1.66. The number of hydroxylamine groups is 4. The average Bonchev–Trinajstić information content (AvgIpc) is 2.97. The van der Waals surface area contributed by atoms with Crippen LogP contribution in [0.15, 0.2) is 0 Å². The summed E-state index contributed by atoms with van der Waals surface area (Å²) in [6.07, 6.45) is 20.7. The minimum Gasteiger partial charge on any atom is -0.462 e. The van der Waals surface area contributed by atoms with Gasteiger partial charge < -0.3 is 9.47 Å². The number of carbonyl (C=O) groups excluding carboxylic acids is 2. The highest BCUT2D eigenvalue weighted by Gasteiger charge is 2.49. The molecule has 0 amide bonds. The van der Waals surface area contributed by atoms with Gasteiger partial charge in [-0.3, -0.25) is 19.3 Å². The summed E-state index contributed by atoms with van der Waals surface area (Å²) in [6.45, 7) is 23.5.